The first-order chi connectivity index (χ1) is 16.7. The number of fused-ring (bicyclic) bond motifs is 1. The molecule has 0 unspecified atom stereocenters. The fraction of sp³-hybridized carbons (Fsp3) is 0.360. The number of carbonyl (C=O) groups excluding carboxylic acids is 1. The number of nitrogens with zero attached hydrogens (tertiary/aromatic N) is 1. The lowest BCUT2D eigenvalue weighted by Crippen LogP contribution is -2.36. The van der Waals surface area contributed by atoms with Crippen LogP contribution in [0.15, 0.2) is 48.4 Å². The molecular formula is C25H26FN3O6. The third-order valence-corrected chi connectivity index (χ3v) is 6.46. The highest BCUT2D eigenvalue weighted by Gasteiger charge is 2.42. The van der Waals surface area contributed by atoms with Gasteiger partial charge in [-0.15, -0.1) is 0 Å². The standard InChI is InChI=1S/C25H26FN3O6/c1-25(2)15(8-17(35-25)21-14-7-13(26)4-5-16(14)29-24(21)33)12-3-6-20(27-9-12)28-10-18-22(31)23(32)19(11-30)34-18/h3-9,18-19,22-23,30-32H,10-11H2,1-2H3,(H,27,28)(H,29,33)/t18-,19-,22+,23-/m1/s1. The van der Waals surface area contributed by atoms with Crippen LogP contribution >= 0.6 is 0 Å². The molecule has 0 bridgehead atoms. The smallest absolute Gasteiger partial charge is 0.260 e. The summed E-state index contributed by atoms with van der Waals surface area (Å²) in [5.41, 5.74) is 2.11. The fourth-order valence-corrected chi connectivity index (χ4v) is 4.61. The summed E-state index contributed by atoms with van der Waals surface area (Å²) in [6.45, 7) is 3.56. The van der Waals surface area contributed by atoms with Gasteiger partial charge in [-0.2, -0.15) is 0 Å². The van der Waals surface area contributed by atoms with E-state index >= 15 is 0 Å². The summed E-state index contributed by atoms with van der Waals surface area (Å²) in [5.74, 6) is 0.0980. The molecule has 0 radical (unpaired) electrons. The molecule has 0 spiro atoms. The zero-order chi connectivity index (χ0) is 24.9. The number of amides is 1. The van der Waals surface area contributed by atoms with Gasteiger partial charge >= 0.3 is 0 Å². The summed E-state index contributed by atoms with van der Waals surface area (Å²) in [5, 5.41) is 35.0. The number of aliphatic hydroxyl groups is 3. The molecule has 1 saturated heterocycles. The van der Waals surface area contributed by atoms with Crippen molar-refractivity contribution in [1.29, 1.82) is 0 Å². The minimum atomic E-state index is -1.15. The van der Waals surface area contributed by atoms with Crippen molar-refractivity contribution < 1.29 is 34.0 Å². The monoisotopic (exact) mass is 483 g/mol. The van der Waals surface area contributed by atoms with E-state index in [0.717, 1.165) is 11.1 Å². The lowest BCUT2D eigenvalue weighted by molar-refractivity contribution is -0.111. The molecule has 5 N–H and O–H groups in total. The first-order valence-corrected chi connectivity index (χ1v) is 11.3. The van der Waals surface area contributed by atoms with Crippen LogP contribution in [0.1, 0.15) is 25.0 Å². The Kier molecular flexibility index (Phi) is 5.84. The second-order valence-electron chi connectivity index (χ2n) is 9.24. The molecule has 3 aliphatic heterocycles. The quantitative estimate of drug-likeness (QED) is 0.406. The predicted molar refractivity (Wildman–Crippen MR) is 126 cm³/mol. The summed E-state index contributed by atoms with van der Waals surface area (Å²) < 4.78 is 25.4. The summed E-state index contributed by atoms with van der Waals surface area (Å²) in [4.78, 5) is 17.0. The first kappa shape index (κ1) is 23.4. The molecule has 9 nitrogen and oxygen atoms in total. The molecule has 1 amide bonds. The van der Waals surface area contributed by atoms with Crippen LogP contribution in [-0.4, -0.2) is 69.4 Å². The van der Waals surface area contributed by atoms with Gasteiger partial charge in [-0.3, -0.25) is 4.79 Å². The average Bonchev–Trinajstić information content (AvgIpc) is 3.42. The van der Waals surface area contributed by atoms with Crippen LogP contribution < -0.4 is 10.6 Å². The molecule has 4 heterocycles. The van der Waals surface area contributed by atoms with Gasteiger partial charge in [0.1, 0.15) is 47.4 Å². The topological polar surface area (TPSA) is 133 Å². The minimum absolute atomic E-state index is 0.194. The molecule has 4 atom stereocenters. The van der Waals surface area contributed by atoms with Crippen molar-refractivity contribution in [2.45, 2.75) is 43.9 Å². The van der Waals surface area contributed by atoms with E-state index in [-0.39, 0.29) is 24.6 Å². The number of aromatic nitrogens is 1. The molecule has 3 aliphatic rings. The van der Waals surface area contributed by atoms with Crippen LogP contribution in [0.3, 0.4) is 0 Å². The largest absolute Gasteiger partial charge is 0.482 e. The number of ether oxygens (including phenoxy) is 2. The zero-order valence-electron chi connectivity index (χ0n) is 19.2. The highest BCUT2D eigenvalue weighted by molar-refractivity contribution is 6.32. The van der Waals surface area contributed by atoms with Gasteiger partial charge < -0.3 is 35.4 Å². The minimum Gasteiger partial charge on any atom is -0.482 e. The van der Waals surface area contributed by atoms with Gasteiger partial charge in [-0.1, -0.05) is 0 Å². The number of nitrogens with one attached hydrogen (secondary N) is 2. The fourth-order valence-electron chi connectivity index (χ4n) is 4.61. The van der Waals surface area contributed by atoms with E-state index in [4.69, 9.17) is 9.47 Å². The van der Waals surface area contributed by atoms with Gasteiger partial charge in [-0.25, -0.2) is 9.37 Å². The van der Waals surface area contributed by atoms with Crippen molar-refractivity contribution in [3.8, 4) is 0 Å². The van der Waals surface area contributed by atoms with Crippen LogP contribution in [0, 0.1) is 5.82 Å². The number of carbonyl (C=O) groups is 1. The molecule has 35 heavy (non-hydrogen) atoms. The third-order valence-electron chi connectivity index (χ3n) is 6.46. The number of halogens is 1. The number of hydrogen-bond acceptors (Lipinski definition) is 8. The number of benzene rings is 1. The summed E-state index contributed by atoms with van der Waals surface area (Å²) in [7, 11) is 0. The maximum atomic E-state index is 13.8. The van der Waals surface area contributed by atoms with E-state index in [1.54, 1.807) is 18.3 Å². The van der Waals surface area contributed by atoms with Crippen molar-refractivity contribution in [2.75, 3.05) is 23.8 Å². The normalized spacial score (nSPS) is 29.0. The number of aliphatic hydroxyl groups excluding tert-OH is 3. The van der Waals surface area contributed by atoms with E-state index in [0.29, 0.717) is 22.8 Å². The molecule has 0 saturated carbocycles. The number of allylic oxidation sites excluding steroid dienone is 1. The van der Waals surface area contributed by atoms with Crippen molar-refractivity contribution >= 4 is 28.6 Å². The molecule has 0 aliphatic carbocycles. The van der Waals surface area contributed by atoms with E-state index in [1.165, 1.54) is 18.2 Å². The number of rotatable bonds is 5. The molecule has 2 aromatic rings. The van der Waals surface area contributed by atoms with Gasteiger partial charge in [-0.05, 0) is 50.3 Å². The third kappa shape index (κ3) is 4.19. The Labute approximate surface area is 200 Å². The van der Waals surface area contributed by atoms with Crippen LogP contribution in [0.5, 0.6) is 0 Å². The van der Waals surface area contributed by atoms with Crippen molar-refractivity contribution in [3.63, 3.8) is 0 Å². The number of anilines is 2. The lowest BCUT2D eigenvalue weighted by atomic mass is 9.93. The zero-order valence-corrected chi connectivity index (χ0v) is 19.2. The van der Waals surface area contributed by atoms with E-state index in [2.05, 4.69) is 15.6 Å². The van der Waals surface area contributed by atoms with Gasteiger partial charge in [0.05, 0.1) is 12.2 Å². The summed E-state index contributed by atoms with van der Waals surface area (Å²) >= 11 is 0. The van der Waals surface area contributed by atoms with Crippen LogP contribution in [0.25, 0.3) is 11.1 Å². The van der Waals surface area contributed by atoms with Gasteiger partial charge in [0.15, 0.2) is 0 Å². The maximum absolute atomic E-state index is 13.8. The van der Waals surface area contributed by atoms with E-state index < -0.39 is 35.8 Å². The highest BCUT2D eigenvalue weighted by atomic mass is 19.1. The predicted octanol–water partition coefficient (Wildman–Crippen LogP) is 1.67. The Morgan fingerprint density at radius 3 is 2.63 bits per heavy atom. The van der Waals surface area contributed by atoms with Crippen LogP contribution in [0.4, 0.5) is 15.9 Å². The lowest BCUT2D eigenvalue weighted by Gasteiger charge is -2.23. The second-order valence-corrected chi connectivity index (χ2v) is 9.24. The molecule has 1 aromatic carbocycles. The molecule has 1 aromatic heterocycles. The molecule has 184 valence electrons. The molecule has 1 fully saturated rings. The second kappa shape index (κ2) is 8.72. The Morgan fingerprint density at radius 2 is 1.94 bits per heavy atom. The molecule has 10 heteroatoms. The number of hydrogen-bond donors (Lipinski definition) is 5. The first-order valence-electron chi connectivity index (χ1n) is 11.3. The van der Waals surface area contributed by atoms with Crippen LogP contribution in [0.2, 0.25) is 0 Å². The maximum Gasteiger partial charge on any atom is 0.260 e. The molecular weight excluding hydrogens is 457 g/mol. The average molecular weight is 483 g/mol. The van der Waals surface area contributed by atoms with E-state index in [9.17, 15) is 24.5 Å². The Hall–Kier alpha value is -3.31. The Morgan fingerprint density at radius 1 is 1.17 bits per heavy atom. The summed E-state index contributed by atoms with van der Waals surface area (Å²) in [6, 6.07) is 7.73. The SMILES string of the molecule is CC1(C)OC(=C2C(=O)Nc3ccc(F)cc32)C=C1c1ccc(NC[C@H]2O[C@H](CO)[C@@H](O)[C@H]2O)nc1. The number of pyridine rings is 1. The van der Waals surface area contributed by atoms with Crippen LogP contribution in [-0.2, 0) is 14.3 Å². The van der Waals surface area contributed by atoms with Gasteiger partial charge in [0.2, 0.25) is 0 Å². The van der Waals surface area contributed by atoms with Crippen molar-refractivity contribution in [2.24, 2.45) is 0 Å². The Bertz CT molecular complexity index is 1230. The van der Waals surface area contributed by atoms with E-state index in [1.807, 2.05) is 19.9 Å². The van der Waals surface area contributed by atoms with Gasteiger partial charge in [0.25, 0.3) is 5.91 Å². The van der Waals surface area contributed by atoms with Crippen molar-refractivity contribution in [3.05, 3.63) is 65.3 Å². The highest BCUT2D eigenvalue weighted by Crippen LogP contribution is 2.44. The summed E-state index contributed by atoms with van der Waals surface area (Å²) in [6.07, 6.45) is -0.332. The van der Waals surface area contributed by atoms with Crippen molar-refractivity contribution in [1.82, 2.24) is 4.98 Å². The Balaban J connectivity index is 1.36. The van der Waals surface area contributed by atoms with Gasteiger partial charge in [0, 0.05) is 35.1 Å². The molecule has 5 rings (SSSR count).